The normalized spacial score (nSPS) is 9.49. The second kappa shape index (κ2) is 32.7. The molecule has 366 valence electrons. The molecule has 2 radical (unpaired) electrons. The summed E-state index contributed by atoms with van der Waals surface area (Å²) in [5.74, 6) is -3.86. The van der Waals surface area contributed by atoms with E-state index in [0.29, 0.717) is 23.0 Å². The van der Waals surface area contributed by atoms with Gasteiger partial charge < -0.3 is 50.6 Å². The molecule has 0 atom stereocenters. The molecule has 0 aliphatic carbocycles. The number of nitrogens with zero attached hydrogens (tertiary/aromatic N) is 8. The number of pyridine rings is 2. The van der Waals surface area contributed by atoms with Crippen molar-refractivity contribution in [2.45, 2.75) is 38.5 Å². The van der Waals surface area contributed by atoms with Crippen molar-refractivity contribution in [1.29, 1.82) is 0 Å². The third-order valence-electron chi connectivity index (χ3n) is 8.87. The molecule has 0 unspecified atom stereocenters. The van der Waals surface area contributed by atoms with E-state index in [-0.39, 0.29) is 83.6 Å². The Balaban J connectivity index is 0.000000503. The molecule has 4 aromatic carbocycles. The van der Waals surface area contributed by atoms with Gasteiger partial charge in [-0.1, -0.05) is 133 Å². The van der Waals surface area contributed by atoms with Crippen molar-refractivity contribution in [2.24, 2.45) is 0 Å². The summed E-state index contributed by atoms with van der Waals surface area (Å²) in [6.07, 6.45) is 2.78. The van der Waals surface area contributed by atoms with Crippen LogP contribution in [0.4, 0.5) is 0 Å². The molecule has 0 aliphatic rings. The summed E-state index contributed by atoms with van der Waals surface area (Å²) in [5, 5.41) is 56.1. The van der Waals surface area contributed by atoms with Gasteiger partial charge >= 0.3 is 34.1 Å². The average molecular weight is 1040 g/mol. The summed E-state index contributed by atoms with van der Waals surface area (Å²) < 4.78 is 0. The van der Waals surface area contributed by atoms with E-state index in [1.807, 2.05) is 158 Å². The molecule has 0 saturated carbocycles. The smallest absolute Gasteiger partial charge is 0.550 e. The van der Waals surface area contributed by atoms with Gasteiger partial charge in [0.2, 0.25) is 11.6 Å². The first-order valence-electron chi connectivity index (χ1n) is 20.4. The molecular weight excluding hydrogens is 1000 g/mol. The molecule has 18 nitrogen and oxygen atoms in total. The van der Waals surface area contributed by atoms with Crippen LogP contribution in [-0.2, 0) is 53.3 Å². The minimum atomic E-state index is -1.23. The van der Waals surface area contributed by atoms with Gasteiger partial charge in [0.05, 0.1) is 0 Å². The Morgan fingerprint density at radius 1 is 0.343 bits per heavy atom. The van der Waals surface area contributed by atoms with Crippen LogP contribution in [0.2, 0.25) is 0 Å². The Morgan fingerprint density at radius 2 is 0.600 bits per heavy atom. The average Bonchev–Trinajstić information content (AvgIpc) is 3.35. The van der Waals surface area contributed by atoms with Crippen LogP contribution in [0.1, 0.15) is 38.5 Å². The van der Waals surface area contributed by atoms with Crippen molar-refractivity contribution in [3.05, 3.63) is 170 Å². The maximum Gasteiger partial charge on any atom is 2.00 e. The fourth-order valence-corrected chi connectivity index (χ4v) is 5.79. The number of hydrogen-bond donors (Lipinski definition) is 0. The van der Waals surface area contributed by atoms with Crippen molar-refractivity contribution >= 4 is 23.9 Å². The first-order chi connectivity index (χ1) is 32.1. The van der Waals surface area contributed by atoms with E-state index in [0.717, 1.165) is 45.0 Å². The molecule has 0 spiro atoms. The van der Waals surface area contributed by atoms with Crippen LogP contribution in [0.5, 0.6) is 0 Å². The Hall–Kier alpha value is -7.96. The molecule has 0 aliphatic heterocycles. The standard InChI is InChI=1S/2C20H14N4.2C5H8O4.2Cu.2H2O/c2*1-3-9-15(10-4-1)18-19(16-11-5-2-6-12-16)23-24-20(22-18)17-13-7-8-14-21-17;2*6-4(7)2-1-3-5(8)9;;;;/h2*1-14H;2*1-3H2,(H,6,7)(H,8,9);;;2*1H2/q;;;;2*+2;;/p-4. The first kappa shape index (κ1) is 60.1. The van der Waals surface area contributed by atoms with Crippen LogP contribution in [0, 0.1) is 0 Å². The van der Waals surface area contributed by atoms with E-state index < -0.39 is 23.9 Å². The third kappa shape index (κ3) is 20.1. The zero-order valence-corrected chi connectivity index (χ0v) is 38.7. The maximum atomic E-state index is 9.66. The predicted octanol–water partition coefficient (Wildman–Crippen LogP) is 2.19. The molecule has 70 heavy (non-hydrogen) atoms. The molecular formula is C50H44Cu2N8O10. The molecule has 4 heterocycles. The van der Waals surface area contributed by atoms with Gasteiger partial charge in [0.15, 0.2) is 0 Å². The van der Waals surface area contributed by atoms with Gasteiger partial charge in [0.1, 0.15) is 34.2 Å². The zero-order chi connectivity index (χ0) is 46.9. The van der Waals surface area contributed by atoms with Crippen molar-refractivity contribution < 1.29 is 84.7 Å². The third-order valence-corrected chi connectivity index (χ3v) is 8.87. The van der Waals surface area contributed by atoms with E-state index in [4.69, 9.17) is 9.97 Å². The van der Waals surface area contributed by atoms with Crippen molar-refractivity contribution in [1.82, 2.24) is 40.3 Å². The van der Waals surface area contributed by atoms with Gasteiger partial charge in [0.25, 0.3) is 0 Å². The quantitative estimate of drug-likeness (QED) is 0.141. The number of benzene rings is 4. The van der Waals surface area contributed by atoms with Crippen LogP contribution in [-0.4, -0.2) is 75.2 Å². The Labute approximate surface area is 423 Å². The summed E-state index contributed by atoms with van der Waals surface area (Å²) in [5.41, 5.74) is 8.54. The molecule has 8 rings (SSSR count). The number of carboxylic acids is 4. The van der Waals surface area contributed by atoms with Crippen molar-refractivity contribution in [2.75, 3.05) is 0 Å². The molecule has 4 N–H and O–H groups in total. The van der Waals surface area contributed by atoms with Crippen LogP contribution in [0.15, 0.2) is 170 Å². The van der Waals surface area contributed by atoms with Crippen LogP contribution < -0.4 is 20.4 Å². The summed E-state index contributed by atoms with van der Waals surface area (Å²) >= 11 is 0. The summed E-state index contributed by atoms with van der Waals surface area (Å²) in [7, 11) is 0. The fourth-order valence-electron chi connectivity index (χ4n) is 5.79. The molecule has 0 amide bonds. The topological polar surface area (TPSA) is 327 Å². The van der Waals surface area contributed by atoms with E-state index in [9.17, 15) is 39.6 Å². The summed E-state index contributed by atoms with van der Waals surface area (Å²) in [6.45, 7) is 0. The molecule has 0 fully saturated rings. The number of carbonyl (C=O) groups is 4. The van der Waals surface area contributed by atoms with E-state index >= 15 is 0 Å². The first-order valence-corrected chi connectivity index (χ1v) is 20.4. The fraction of sp³-hybridized carbons (Fsp3) is 0.120. The molecule has 20 heteroatoms. The zero-order valence-electron chi connectivity index (χ0n) is 36.9. The van der Waals surface area contributed by atoms with Gasteiger partial charge in [-0.25, -0.2) is 9.97 Å². The Kier molecular flexibility index (Phi) is 28.0. The van der Waals surface area contributed by atoms with Gasteiger partial charge in [-0.05, 0) is 62.8 Å². The number of aliphatic carboxylic acids is 4. The van der Waals surface area contributed by atoms with Crippen molar-refractivity contribution in [3.8, 4) is 68.1 Å². The largest absolute Gasteiger partial charge is 2.00 e. The SMILES string of the molecule is O.O.O=C([O-])CCCC(=O)[O-].O=C([O-])CCCC(=O)[O-].[Cu+2].[Cu+2].c1ccc(-c2nnc(-c3ccccn3)nc2-c2ccccc2)cc1.c1ccc(-c2nnc(-c3ccccn3)nc2-c2ccccc2)cc1. The van der Waals surface area contributed by atoms with Gasteiger partial charge in [-0.15, -0.1) is 20.4 Å². The van der Waals surface area contributed by atoms with E-state index in [1.54, 1.807) is 12.4 Å². The van der Waals surface area contributed by atoms with Crippen LogP contribution in [0.25, 0.3) is 68.1 Å². The van der Waals surface area contributed by atoms with Crippen LogP contribution >= 0.6 is 0 Å². The molecule has 8 aromatic rings. The Bertz CT molecular complexity index is 2560. The van der Waals surface area contributed by atoms with Gasteiger partial charge in [0, 0.05) is 58.5 Å². The minimum absolute atomic E-state index is 0. The molecule has 0 bridgehead atoms. The maximum absolute atomic E-state index is 9.66. The minimum Gasteiger partial charge on any atom is -0.550 e. The van der Waals surface area contributed by atoms with Gasteiger partial charge in [-0.2, -0.15) is 0 Å². The van der Waals surface area contributed by atoms with E-state index in [1.165, 1.54) is 0 Å². The second-order valence-electron chi connectivity index (χ2n) is 13.8. The van der Waals surface area contributed by atoms with E-state index in [2.05, 4.69) is 30.4 Å². The van der Waals surface area contributed by atoms with Gasteiger partial charge in [-0.3, -0.25) is 9.97 Å². The van der Waals surface area contributed by atoms with Crippen LogP contribution in [0.3, 0.4) is 0 Å². The summed E-state index contributed by atoms with van der Waals surface area (Å²) in [6, 6.07) is 51.3. The summed E-state index contributed by atoms with van der Waals surface area (Å²) in [4.78, 5) is 56.8. The van der Waals surface area contributed by atoms with Crippen molar-refractivity contribution in [3.63, 3.8) is 0 Å². The molecule has 4 aromatic heterocycles. The number of rotatable bonds is 14. The predicted molar refractivity (Wildman–Crippen MR) is 243 cm³/mol. The number of aromatic nitrogens is 8. The monoisotopic (exact) mass is 1040 g/mol. The Morgan fingerprint density at radius 3 is 0.843 bits per heavy atom. The molecule has 0 saturated heterocycles. The second-order valence-corrected chi connectivity index (χ2v) is 13.8. The number of carboxylic acid groups (broad SMARTS) is 4. The number of hydrogen-bond acceptors (Lipinski definition) is 16. The number of carbonyl (C=O) groups excluding carboxylic acids is 4.